The second-order valence-electron chi connectivity index (χ2n) is 4.47. The van der Waals surface area contributed by atoms with Gasteiger partial charge in [-0.15, -0.1) is 0 Å². The number of hydrogen-bond acceptors (Lipinski definition) is 5. The zero-order valence-corrected chi connectivity index (χ0v) is 11.9. The maximum Gasteiger partial charge on any atom is 0.329 e. The fourth-order valence-electron chi connectivity index (χ4n) is 1.84. The smallest absolute Gasteiger partial charge is 0.329 e. The molecule has 7 heteroatoms. The lowest BCUT2D eigenvalue weighted by atomic mass is 10.1. The highest BCUT2D eigenvalue weighted by molar-refractivity contribution is 8.04. The minimum atomic E-state index is -1.16. The summed E-state index contributed by atoms with van der Waals surface area (Å²) >= 11 is 1.20. The van der Waals surface area contributed by atoms with Gasteiger partial charge in [0.15, 0.2) is 6.04 Å². The second-order valence-corrected chi connectivity index (χ2v) is 5.71. The molecule has 1 aliphatic heterocycles. The topological polar surface area (TPSA) is 105 Å². The Hall–Kier alpha value is -2.12. The van der Waals surface area contributed by atoms with Gasteiger partial charge in [0, 0.05) is 11.1 Å². The minimum Gasteiger partial charge on any atom is -0.480 e. The molecular formula is C14H15N3O3S. The molecule has 6 nitrogen and oxygen atoms in total. The Bertz CT molecular complexity index is 588. The number of nitrogens with one attached hydrogen (secondary N) is 1. The maximum absolute atomic E-state index is 12.1. The predicted molar refractivity (Wildman–Crippen MR) is 81.9 cm³/mol. The van der Waals surface area contributed by atoms with Crippen molar-refractivity contribution in [1.82, 2.24) is 5.32 Å². The molecule has 0 spiro atoms. The summed E-state index contributed by atoms with van der Waals surface area (Å²) in [6.45, 7) is 3.69. The summed E-state index contributed by atoms with van der Waals surface area (Å²) in [6, 6.07) is 6.69. The summed E-state index contributed by atoms with van der Waals surface area (Å²) in [5.74, 6) is -1.71. The lowest BCUT2D eigenvalue weighted by Crippen LogP contribution is -2.49. The molecule has 21 heavy (non-hydrogen) atoms. The normalized spacial score (nSPS) is 20.0. The van der Waals surface area contributed by atoms with Crippen LogP contribution >= 0.6 is 11.8 Å². The fraction of sp³-hybridized carbons (Fsp3) is 0.214. The zero-order valence-electron chi connectivity index (χ0n) is 11.1. The third-order valence-electron chi connectivity index (χ3n) is 2.93. The van der Waals surface area contributed by atoms with Gasteiger partial charge in [-0.2, -0.15) is 0 Å². The monoisotopic (exact) mass is 305 g/mol. The lowest BCUT2D eigenvalue weighted by Gasteiger charge is -2.20. The van der Waals surface area contributed by atoms with Crippen molar-refractivity contribution in [3.05, 3.63) is 47.4 Å². The van der Waals surface area contributed by atoms with Crippen LogP contribution in [-0.2, 0) is 9.59 Å². The number of carboxylic acid groups (broad SMARTS) is 1. The first-order valence-corrected chi connectivity index (χ1v) is 7.09. The number of hydrogen-bond donors (Lipinski definition) is 3. The molecule has 0 aromatic heterocycles. The molecule has 110 valence electrons. The van der Waals surface area contributed by atoms with Gasteiger partial charge in [-0.3, -0.25) is 9.79 Å². The average Bonchev–Trinajstić information content (AvgIpc) is 2.90. The SMILES string of the molecule is C=C1C=NC(C(NC(=O)[C@H](N)c2ccccc2)C(=O)O)S1. The van der Waals surface area contributed by atoms with E-state index in [-0.39, 0.29) is 0 Å². The average molecular weight is 305 g/mol. The van der Waals surface area contributed by atoms with Crippen LogP contribution < -0.4 is 11.1 Å². The second kappa shape index (κ2) is 6.55. The molecule has 2 rings (SSSR count). The van der Waals surface area contributed by atoms with Crippen molar-refractivity contribution in [3.8, 4) is 0 Å². The molecular weight excluding hydrogens is 290 g/mol. The van der Waals surface area contributed by atoms with Gasteiger partial charge in [0.05, 0.1) is 0 Å². The van der Waals surface area contributed by atoms with E-state index in [1.54, 1.807) is 24.3 Å². The number of aliphatic carboxylic acids is 1. The highest BCUT2D eigenvalue weighted by Crippen LogP contribution is 2.28. The molecule has 0 fully saturated rings. The Morgan fingerprint density at radius 1 is 1.38 bits per heavy atom. The molecule has 4 N–H and O–H groups in total. The van der Waals surface area contributed by atoms with Crippen molar-refractivity contribution < 1.29 is 14.7 Å². The van der Waals surface area contributed by atoms with Crippen molar-refractivity contribution in [2.75, 3.05) is 0 Å². The molecule has 0 saturated carbocycles. The predicted octanol–water partition coefficient (Wildman–Crippen LogP) is 0.913. The number of allylic oxidation sites excluding steroid dienone is 1. The van der Waals surface area contributed by atoms with Gasteiger partial charge >= 0.3 is 5.97 Å². The van der Waals surface area contributed by atoms with Crippen molar-refractivity contribution in [2.45, 2.75) is 17.5 Å². The molecule has 1 aliphatic rings. The first-order valence-electron chi connectivity index (χ1n) is 6.21. The minimum absolute atomic E-state index is 0.554. The van der Waals surface area contributed by atoms with E-state index in [0.717, 1.165) is 0 Å². The van der Waals surface area contributed by atoms with Gasteiger partial charge in [-0.1, -0.05) is 48.7 Å². The Morgan fingerprint density at radius 3 is 2.57 bits per heavy atom. The molecule has 1 heterocycles. The lowest BCUT2D eigenvalue weighted by molar-refractivity contribution is -0.141. The van der Waals surface area contributed by atoms with Gasteiger partial charge in [-0.25, -0.2) is 4.79 Å². The Kier molecular flexibility index (Phi) is 4.77. The van der Waals surface area contributed by atoms with Crippen LogP contribution in [0.5, 0.6) is 0 Å². The molecule has 2 unspecified atom stereocenters. The summed E-state index contributed by atoms with van der Waals surface area (Å²) < 4.78 is 0. The van der Waals surface area contributed by atoms with Gasteiger partial charge in [-0.05, 0) is 5.56 Å². The Balaban J connectivity index is 2.07. The van der Waals surface area contributed by atoms with E-state index in [9.17, 15) is 14.7 Å². The van der Waals surface area contributed by atoms with E-state index in [1.807, 2.05) is 6.07 Å². The van der Waals surface area contributed by atoms with Crippen molar-refractivity contribution >= 4 is 29.9 Å². The highest BCUT2D eigenvalue weighted by atomic mass is 32.2. The summed E-state index contributed by atoms with van der Waals surface area (Å²) in [5.41, 5.74) is 6.46. The van der Waals surface area contributed by atoms with Crippen LogP contribution in [0.15, 0.2) is 46.8 Å². The number of carboxylic acids is 1. The molecule has 0 radical (unpaired) electrons. The van der Waals surface area contributed by atoms with Gasteiger partial charge in [0.25, 0.3) is 0 Å². The molecule has 0 bridgehead atoms. The number of carbonyl (C=O) groups excluding carboxylic acids is 1. The van der Waals surface area contributed by atoms with Crippen LogP contribution in [-0.4, -0.2) is 34.6 Å². The van der Waals surface area contributed by atoms with Gasteiger partial charge in [0.2, 0.25) is 5.91 Å². The number of aliphatic imine (C=N–C) groups is 1. The van der Waals surface area contributed by atoms with E-state index in [1.165, 1.54) is 18.0 Å². The summed E-state index contributed by atoms with van der Waals surface area (Å²) in [7, 11) is 0. The first kappa shape index (κ1) is 15.3. The number of thioether (sulfide) groups is 1. The largest absolute Gasteiger partial charge is 0.480 e. The number of rotatable bonds is 5. The molecule has 1 aromatic rings. The highest BCUT2D eigenvalue weighted by Gasteiger charge is 2.33. The van der Waals surface area contributed by atoms with E-state index in [4.69, 9.17) is 5.73 Å². The van der Waals surface area contributed by atoms with Crippen molar-refractivity contribution in [2.24, 2.45) is 10.7 Å². The summed E-state index contributed by atoms with van der Waals surface area (Å²) in [5, 5.41) is 11.1. The van der Waals surface area contributed by atoms with Gasteiger partial charge < -0.3 is 16.2 Å². The van der Waals surface area contributed by atoms with E-state index in [2.05, 4.69) is 16.9 Å². The van der Waals surface area contributed by atoms with E-state index >= 15 is 0 Å². The van der Waals surface area contributed by atoms with Crippen molar-refractivity contribution in [1.29, 1.82) is 0 Å². The van der Waals surface area contributed by atoms with E-state index < -0.39 is 29.3 Å². The maximum atomic E-state index is 12.1. The van der Waals surface area contributed by atoms with Crippen LogP contribution in [0.1, 0.15) is 11.6 Å². The molecule has 1 aromatic carbocycles. The third-order valence-corrected chi connectivity index (χ3v) is 3.97. The summed E-state index contributed by atoms with van der Waals surface area (Å²) in [6.07, 6.45) is 1.49. The summed E-state index contributed by atoms with van der Waals surface area (Å²) in [4.78, 5) is 28.1. The van der Waals surface area contributed by atoms with Crippen LogP contribution in [0.3, 0.4) is 0 Å². The van der Waals surface area contributed by atoms with Crippen LogP contribution in [0.25, 0.3) is 0 Å². The first-order chi connectivity index (χ1) is 9.99. The molecule has 0 saturated heterocycles. The molecule has 0 aliphatic carbocycles. The molecule has 3 atom stereocenters. The molecule has 1 amide bonds. The number of carbonyl (C=O) groups is 2. The quantitative estimate of drug-likeness (QED) is 0.750. The number of nitrogens with two attached hydrogens (primary N) is 1. The number of amides is 1. The number of nitrogens with zero attached hydrogens (tertiary/aromatic N) is 1. The van der Waals surface area contributed by atoms with E-state index in [0.29, 0.717) is 10.5 Å². The van der Waals surface area contributed by atoms with Crippen molar-refractivity contribution in [3.63, 3.8) is 0 Å². The van der Waals surface area contributed by atoms with Crippen LogP contribution in [0.2, 0.25) is 0 Å². The fourth-order valence-corrected chi connectivity index (χ4v) is 2.71. The standard InChI is InChI=1S/C14H15N3O3S/c1-8-7-16-13(21-8)11(14(19)20)17-12(18)10(15)9-5-3-2-4-6-9/h2-7,10-11,13H,1,15H2,(H,17,18)(H,19,20)/t10-,11?,13?/m1/s1. The Morgan fingerprint density at radius 2 is 2.05 bits per heavy atom. The van der Waals surface area contributed by atoms with Gasteiger partial charge in [0.1, 0.15) is 11.4 Å². The number of benzene rings is 1. The van der Waals surface area contributed by atoms with Crippen LogP contribution in [0, 0.1) is 0 Å². The van der Waals surface area contributed by atoms with Crippen LogP contribution in [0.4, 0.5) is 0 Å². The third kappa shape index (κ3) is 3.71. The Labute approximate surface area is 126 Å². The zero-order chi connectivity index (χ0) is 15.4.